The van der Waals surface area contributed by atoms with Crippen LogP contribution in [0.1, 0.15) is 36.6 Å². The molecule has 6 heteroatoms. The Hall–Kier alpha value is -2.34. The van der Waals surface area contributed by atoms with Gasteiger partial charge in [-0.05, 0) is 62.4 Å². The van der Waals surface area contributed by atoms with E-state index < -0.39 is 10.0 Å². The molecule has 0 N–H and O–H groups in total. The quantitative estimate of drug-likeness (QED) is 0.620. The van der Waals surface area contributed by atoms with Gasteiger partial charge < -0.3 is 4.74 Å². The predicted octanol–water partition coefficient (Wildman–Crippen LogP) is 3.32. The molecule has 2 aromatic rings. The van der Waals surface area contributed by atoms with Crippen molar-refractivity contribution in [3.8, 4) is 0 Å². The Bertz CT molecular complexity index is 921. The molecule has 0 spiro atoms. The number of benzene rings is 1. The number of aromatic nitrogens is 1. The van der Waals surface area contributed by atoms with Gasteiger partial charge in [-0.3, -0.25) is 0 Å². The van der Waals surface area contributed by atoms with Gasteiger partial charge in [0.1, 0.15) is 0 Å². The Balaban J connectivity index is 2.02. The second kappa shape index (κ2) is 6.88. The number of fused-ring (bicyclic) bond motifs is 1. The number of allylic oxidation sites excluding steroid dienone is 1. The Morgan fingerprint density at radius 3 is 2.60 bits per heavy atom. The molecule has 0 aliphatic heterocycles. The molecular weight excluding hydrogens is 338 g/mol. The lowest BCUT2D eigenvalue weighted by molar-refractivity contribution is -0.137. The Morgan fingerprint density at radius 1 is 1.20 bits per heavy atom. The number of carbonyl (C=O) groups is 1. The number of esters is 1. The van der Waals surface area contributed by atoms with Crippen LogP contribution in [0.5, 0.6) is 0 Å². The van der Waals surface area contributed by atoms with Crippen LogP contribution in [0.15, 0.2) is 47.5 Å². The molecule has 0 radical (unpaired) electrons. The molecule has 0 fully saturated rings. The van der Waals surface area contributed by atoms with Gasteiger partial charge in [0, 0.05) is 18.0 Å². The summed E-state index contributed by atoms with van der Waals surface area (Å²) in [5, 5.41) is 0. The summed E-state index contributed by atoms with van der Waals surface area (Å²) >= 11 is 0. The van der Waals surface area contributed by atoms with Crippen molar-refractivity contribution >= 4 is 21.6 Å². The zero-order chi connectivity index (χ0) is 18.0. The maximum atomic E-state index is 13.0. The van der Waals surface area contributed by atoms with E-state index in [1.165, 1.54) is 10.0 Å². The highest BCUT2D eigenvalue weighted by atomic mass is 32.2. The third-order valence-corrected chi connectivity index (χ3v) is 6.04. The van der Waals surface area contributed by atoms with Crippen molar-refractivity contribution in [2.75, 3.05) is 6.61 Å². The first kappa shape index (κ1) is 17.5. The lowest BCUT2D eigenvalue weighted by atomic mass is 9.92. The average Bonchev–Trinajstić information content (AvgIpc) is 3.01. The van der Waals surface area contributed by atoms with E-state index in [2.05, 4.69) is 0 Å². The summed E-state index contributed by atoms with van der Waals surface area (Å²) in [6.07, 6.45) is 5.24. The fourth-order valence-electron chi connectivity index (χ4n) is 3.09. The highest BCUT2D eigenvalue weighted by Gasteiger charge is 2.25. The summed E-state index contributed by atoms with van der Waals surface area (Å²) in [5.41, 5.74) is 3.38. The van der Waals surface area contributed by atoms with Crippen molar-refractivity contribution in [3.05, 3.63) is 59.4 Å². The highest BCUT2D eigenvalue weighted by Crippen LogP contribution is 2.33. The lowest BCUT2D eigenvalue weighted by Gasteiger charge is -2.18. The lowest BCUT2D eigenvalue weighted by Crippen LogP contribution is -2.17. The molecule has 132 valence electrons. The van der Waals surface area contributed by atoms with Crippen molar-refractivity contribution in [1.82, 2.24) is 3.97 Å². The average molecular weight is 359 g/mol. The summed E-state index contributed by atoms with van der Waals surface area (Å²) < 4.78 is 32.2. The minimum atomic E-state index is -3.64. The van der Waals surface area contributed by atoms with Crippen LogP contribution in [0.3, 0.4) is 0 Å². The van der Waals surface area contributed by atoms with E-state index in [1.807, 2.05) is 6.92 Å². The normalized spacial score (nSPS) is 15.8. The number of hydrogen-bond donors (Lipinski definition) is 0. The maximum absolute atomic E-state index is 13.0. The summed E-state index contributed by atoms with van der Waals surface area (Å²) in [7, 11) is -3.64. The van der Waals surface area contributed by atoms with Crippen LogP contribution in [-0.4, -0.2) is 25.0 Å². The number of rotatable bonds is 4. The first-order valence-corrected chi connectivity index (χ1v) is 9.77. The van der Waals surface area contributed by atoms with Gasteiger partial charge in [-0.15, -0.1) is 0 Å². The second-order valence-corrected chi connectivity index (χ2v) is 7.88. The third-order valence-electron chi connectivity index (χ3n) is 4.32. The first-order chi connectivity index (χ1) is 11.9. The molecule has 0 unspecified atom stereocenters. The fourth-order valence-corrected chi connectivity index (χ4v) is 4.50. The largest absolute Gasteiger partial charge is 0.463 e. The molecular formula is C19H21NO4S. The molecule has 1 heterocycles. The van der Waals surface area contributed by atoms with E-state index in [-0.39, 0.29) is 10.9 Å². The molecule has 1 aliphatic carbocycles. The molecule has 0 saturated carbocycles. The minimum Gasteiger partial charge on any atom is -0.463 e. The minimum absolute atomic E-state index is 0.262. The van der Waals surface area contributed by atoms with Crippen LogP contribution in [-0.2, 0) is 26.0 Å². The van der Waals surface area contributed by atoms with E-state index in [0.29, 0.717) is 13.0 Å². The maximum Gasteiger partial charge on any atom is 0.331 e. The van der Waals surface area contributed by atoms with Crippen LogP contribution in [0, 0.1) is 6.92 Å². The van der Waals surface area contributed by atoms with Gasteiger partial charge >= 0.3 is 5.97 Å². The number of nitrogens with zero attached hydrogens (tertiary/aromatic N) is 1. The number of aryl methyl sites for hydroxylation is 1. The second-order valence-electron chi connectivity index (χ2n) is 6.07. The van der Waals surface area contributed by atoms with Crippen LogP contribution in [0.2, 0.25) is 0 Å². The topological polar surface area (TPSA) is 65.4 Å². The summed E-state index contributed by atoms with van der Waals surface area (Å²) in [4.78, 5) is 12.0. The Morgan fingerprint density at radius 2 is 1.92 bits per heavy atom. The number of carbonyl (C=O) groups excluding carboxylic acids is 1. The molecule has 0 bridgehead atoms. The van der Waals surface area contributed by atoms with Crippen molar-refractivity contribution in [3.63, 3.8) is 0 Å². The zero-order valence-corrected chi connectivity index (χ0v) is 15.2. The summed E-state index contributed by atoms with van der Waals surface area (Å²) in [5.74, 6) is -0.389. The van der Waals surface area contributed by atoms with Crippen molar-refractivity contribution in [2.45, 2.75) is 38.0 Å². The van der Waals surface area contributed by atoms with E-state index >= 15 is 0 Å². The van der Waals surface area contributed by atoms with E-state index in [9.17, 15) is 13.2 Å². The molecule has 3 rings (SSSR count). The molecule has 1 aromatic carbocycles. The van der Waals surface area contributed by atoms with Crippen molar-refractivity contribution in [2.24, 2.45) is 0 Å². The standard InChI is InChI=1S/C19H21NO4S/c1-3-24-19(21)13-15-5-4-6-18-17(15)11-12-20(18)25(22,23)16-9-7-14(2)8-10-16/h7-13H,3-6H2,1-2H3/b15-13-. The smallest absolute Gasteiger partial charge is 0.331 e. The zero-order valence-electron chi connectivity index (χ0n) is 14.4. The van der Waals surface area contributed by atoms with Gasteiger partial charge in [-0.2, -0.15) is 0 Å². The Labute approximate surface area is 148 Å². The van der Waals surface area contributed by atoms with Gasteiger partial charge in [0.05, 0.1) is 11.5 Å². The molecule has 1 aromatic heterocycles. The van der Waals surface area contributed by atoms with Gasteiger partial charge in [-0.25, -0.2) is 17.2 Å². The molecule has 0 amide bonds. The SMILES string of the molecule is CCOC(=O)/C=C1/CCCc2c1ccn2S(=O)(=O)c1ccc(C)cc1. The predicted molar refractivity (Wildman–Crippen MR) is 95.7 cm³/mol. The van der Waals surface area contributed by atoms with E-state index in [0.717, 1.165) is 35.2 Å². The molecule has 1 aliphatic rings. The monoisotopic (exact) mass is 359 g/mol. The molecule has 5 nitrogen and oxygen atoms in total. The van der Waals surface area contributed by atoms with Gasteiger partial charge in [0.15, 0.2) is 0 Å². The molecule has 0 saturated heterocycles. The van der Waals surface area contributed by atoms with Gasteiger partial charge in [-0.1, -0.05) is 17.7 Å². The van der Waals surface area contributed by atoms with Crippen molar-refractivity contribution in [1.29, 1.82) is 0 Å². The Kier molecular flexibility index (Phi) is 4.81. The summed E-state index contributed by atoms with van der Waals surface area (Å²) in [6.45, 7) is 3.99. The highest BCUT2D eigenvalue weighted by molar-refractivity contribution is 7.90. The third kappa shape index (κ3) is 3.39. The molecule has 25 heavy (non-hydrogen) atoms. The summed E-state index contributed by atoms with van der Waals surface area (Å²) in [6, 6.07) is 8.58. The van der Waals surface area contributed by atoms with Gasteiger partial charge in [0.25, 0.3) is 10.0 Å². The van der Waals surface area contributed by atoms with Gasteiger partial charge in [0.2, 0.25) is 0 Å². The van der Waals surface area contributed by atoms with E-state index in [1.54, 1.807) is 43.5 Å². The van der Waals surface area contributed by atoms with E-state index in [4.69, 9.17) is 4.74 Å². The first-order valence-electron chi connectivity index (χ1n) is 8.33. The van der Waals surface area contributed by atoms with Crippen molar-refractivity contribution < 1.29 is 17.9 Å². The fraction of sp³-hybridized carbons (Fsp3) is 0.316. The van der Waals surface area contributed by atoms with Crippen LogP contribution >= 0.6 is 0 Å². The van der Waals surface area contributed by atoms with Crippen LogP contribution in [0.25, 0.3) is 5.57 Å². The number of ether oxygens (including phenoxy) is 1. The van der Waals surface area contributed by atoms with Crippen LogP contribution in [0.4, 0.5) is 0 Å². The molecule has 0 atom stereocenters. The number of hydrogen-bond acceptors (Lipinski definition) is 4. The van der Waals surface area contributed by atoms with Crippen LogP contribution < -0.4 is 0 Å².